The van der Waals surface area contributed by atoms with Gasteiger partial charge in [-0.1, -0.05) is 30.3 Å². The van der Waals surface area contributed by atoms with Crippen molar-refractivity contribution in [3.8, 4) is 6.01 Å². The molecule has 3 heterocycles. The molecule has 1 unspecified atom stereocenters. The number of aromatic amines is 1. The average molecular weight is 405 g/mol. The van der Waals surface area contributed by atoms with Gasteiger partial charge in [-0.2, -0.15) is 4.98 Å². The van der Waals surface area contributed by atoms with Gasteiger partial charge in [0.2, 0.25) is 0 Å². The molecule has 3 aromatic rings. The Labute approximate surface area is 176 Å². The van der Waals surface area contributed by atoms with Gasteiger partial charge in [0.15, 0.2) is 0 Å². The van der Waals surface area contributed by atoms with Crippen LogP contribution in [-0.2, 0) is 13.0 Å². The molecule has 6 nitrogen and oxygen atoms in total. The van der Waals surface area contributed by atoms with Gasteiger partial charge in [-0.25, -0.2) is 0 Å². The van der Waals surface area contributed by atoms with Crippen molar-refractivity contribution < 1.29 is 4.74 Å². The number of likely N-dealkylation sites (N-methyl/N-ethyl adjacent to an activating group) is 1. The van der Waals surface area contributed by atoms with Gasteiger partial charge in [0.1, 0.15) is 6.61 Å². The SMILES string of the molecule is Cc1cccc2cccc(N3CCc4c(nc(OCC5CCCN5C)[nH]c4=O)C3)c12. The number of anilines is 1. The number of likely N-dealkylation sites (tertiary alicyclic amines) is 1. The molecule has 1 aromatic heterocycles. The second kappa shape index (κ2) is 7.76. The van der Waals surface area contributed by atoms with Crippen LogP contribution in [0.25, 0.3) is 10.8 Å². The number of aromatic nitrogens is 2. The molecule has 0 amide bonds. The summed E-state index contributed by atoms with van der Waals surface area (Å²) in [5.74, 6) is 0. The van der Waals surface area contributed by atoms with E-state index in [1.165, 1.54) is 28.4 Å². The summed E-state index contributed by atoms with van der Waals surface area (Å²) in [6.45, 7) is 5.23. The molecule has 1 N–H and O–H groups in total. The van der Waals surface area contributed by atoms with Gasteiger partial charge in [-0.3, -0.25) is 9.78 Å². The van der Waals surface area contributed by atoms with Crippen molar-refractivity contribution in [2.45, 2.75) is 38.8 Å². The van der Waals surface area contributed by atoms with Crippen LogP contribution < -0.4 is 15.2 Å². The van der Waals surface area contributed by atoms with Crippen molar-refractivity contribution in [1.29, 1.82) is 0 Å². The van der Waals surface area contributed by atoms with Crippen molar-refractivity contribution in [3.05, 3.63) is 63.6 Å². The first kappa shape index (κ1) is 19.1. The van der Waals surface area contributed by atoms with Gasteiger partial charge in [-0.05, 0) is 56.8 Å². The molecule has 30 heavy (non-hydrogen) atoms. The zero-order valence-corrected chi connectivity index (χ0v) is 17.6. The molecular weight excluding hydrogens is 376 g/mol. The first-order valence-corrected chi connectivity index (χ1v) is 10.8. The lowest BCUT2D eigenvalue weighted by molar-refractivity contribution is 0.187. The van der Waals surface area contributed by atoms with Crippen molar-refractivity contribution in [2.75, 3.05) is 31.6 Å². The normalized spacial score (nSPS) is 19.3. The summed E-state index contributed by atoms with van der Waals surface area (Å²) in [5.41, 5.74) is 4.01. The Hall–Kier alpha value is -2.86. The van der Waals surface area contributed by atoms with E-state index >= 15 is 0 Å². The maximum absolute atomic E-state index is 12.7. The van der Waals surface area contributed by atoms with E-state index in [1.807, 2.05) is 0 Å². The Kier molecular flexibility index (Phi) is 4.95. The molecule has 1 saturated heterocycles. The third-order valence-corrected chi connectivity index (χ3v) is 6.57. The lowest BCUT2D eigenvalue weighted by Crippen LogP contribution is -2.36. The standard InChI is InChI=1S/C24H28N4O2/c1-16-6-3-7-17-8-4-10-21(22(16)17)28-13-11-19-20(14-28)25-24(26-23(19)29)30-15-18-9-5-12-27(18)2/h3-4,6-8,10,18H,5,9,11-15H2,1-2H3,(H,25,26,29). The van der Waals surface area contributed by atoms with E-state index in [9.17, 15) is 4.79 Å². The first-order valence-electron chi connectivity index (χ1n) is 10.8. The molecule has 2 aromatic carbocycles. The van der Waals surface area contributed by atoms with Crippen molar-refractivity contribution in [3.63, 3.8) is 0 Å². The molecule has 2 aliphatic heterocycles. The predicted octanol–water partition coefficient (Wildman–Crippen LogP) is 3.27. The third kappa shape index (κ3) is 3.45. The minimum atomic E-state index is -0.0662. The average Bonchev–Trinajstić information content (AvgIpc) is 3.16. The van der Waals surface area contributed by atoms with Gasteiger partial charge in [-0.15, -0.1) is 0 Å². The molecule has 6 heteroatoms. The maximum Gasteiger partial charge on any atom is 0.296 e. The molecule has 1 atom stereocenters. The highest BCUT2D eigenvalue weighted by Gasteiger charge is 2.25. The summed E-state index contributed by atoms with van der Waals surface area (Å²) < 4.78 is 5.91. The fraction of sp³-hybridized carbons (Fsp3) is 0.417. The number of aryl methyl sites for hydroxylation is 1. The van der Waals surface area contributed by atoms with Crippen LogP contribution in [0, 0.1) is 6.92 Å². The van der Waals surface area contributed by atoms with E-state index in [-0.39, 0.29) is 5.56 Å². The molecule has 0 aliphatic carbocycles. The summed E-state index contributed by atoms with van der Waals surface area (Å²) >= 11 is 0. The van der Waals surface area contributed by atoms with Gasteiger partial charge >= 0.3 is 0 Å². The van der Waals surface area contributed by atoms with E-state index in [2.05, 4.69) is 65.2 Å². The second-order valence-electron chi connectivity index (χ2n) is 8.51. The molecule has 0 radical (unpaired) electrons. The molecule has 1 fully saturated rings. The minimum Gasteiger partial charge on any atom is -0.463 e. The number of nitrogens with one attached hydrogen (secondary N) is 1. The van der Waals surface area contributed by atoms with Crippen molar-refractivity contribution >= 4 is 16.5 Å². The fourth-order valence-electron chi connectivity index (χ4n) is 4.82. The first-order chi connectivity index (χ1) is 14.6. The summed E-state index contributed by atoms with van der Waals surface area (Å²) in [6.07, 6.45) is 3.00. The number of hydrogen-bond donors (Lipinski definition) is 1. The van der Waals surface area contributed by atoms with Gasteiger partial charge < -0.3 is 14.5 Å². The molecule has 0 saturated carbocycles. The van der Waals surface area contributed by atoms with Crippen LogP contribution in [0.3, 0.4) is 0 Å². The van der Waals surface area contributed by atoms with E-state index in [0.29, 0.717) is 31.6 Å². The highest BCUT2D eigenvalue weighted by molar-refractivity contribution is 5.96. The lowest BCUT2D eigenvalue weighted by atomic mass is 10.0. The zero-order chi connectivity index (χ0) is 20.7. The molecule has 156 valence electrons. The summed E-state index contributed by atoms with van der Waals surface area (Å²) in [6, 6.07) is 13.6. The topological polar surface area (TPSA) is 61.5 Å². The van der Waals surface area contributed by atoms with Crippen molar-refractivity contribution in [2.24, 2.45) is 0 Å². The third-order valence-electron chi connectivity index (χ3n) is 6.57. The number of rotatable bonds is 4. The van der Waals surface area contributed by atoms with E-state index in [0.717, 1.165) is 30.8 Å². The van der Waals surface area contributed by atoms with Crippen LogP contribution in [0.5, 0.6) is 6.01 Å². The molecule has 0 spiro atoms. The predicted molar refractivity (Wildman–Crippen MR) is 119 cm³/mol. The van der Waals surface area contributed by atoms with Crippen LogP contribution in [0.15, 0.2) is 41.2 Å². The highest BCUT2D eigenvalue weighted by atomic mass is 16.5. The smallest absolute Gasteiger partial charge is 0.296 e. The van der Waals surface area contributed by atoms with Crippen LogP contribution in [0.2, 0.25) is 0 Å². The number of benzene rings is 2. The van der Waals surface area contributed by atoms with Crippen LogP contribution >= 0.6 is 0 Å². The van der Waals surface area contributed by atoms with Crippen molar-refractivity contribution in [1.82, 2.24) is 14.9 Å². The summed E-state index contributed by atoms with van der Waals surface area (Å²) in [5, 5.41) is 2.51. The molecule has 0 bridgehead atoms. The van der Waals surface area contributed by atoms with E-state index in [1.54, 1.807) is 0 Å². The highest BCUT2D eigenvalue weighted by Crippen LogP contribution is 2.32. The number of nitrogens with zero attached hydrogens (tertiary/aromatic N) is 3. The van der Waals surface area contributed by atoms with E-state index < -0.39 is 0 Å². The Morgan fingerprint density at radius 3 is 2.83 bits per heavy atom. The quantitative estimate of drug-likeness (QED) is 0.723. The lowest BCUT2D eigenvalue weighted by Gasteiger charge is -2.31. The Morgan fingerprint density at radius 1 is 1.20 bits per heavy atom. The van der Waals surface area contributed by atoms with Crippen LogP contribution in [-0.4, -0.2) is 47.7 Å². The summed E-state index contributed by atoms with van der Waals surface area (Å²) in [7, 11) is 2.12. The maximum atomic E-state index is 12.7. The van der Waals surface area contributed by atoms with Gasteiger partial charge in [0.25, 0.3) is 11.6 Å². The second-order valence-corrected chi connectivity index (χ2v) is 8.51. The largest absolute Gasteiger partial charge is 0.463 e. The Balaban J connectivity index is 1.42. The van der Waals surface area contributed by atoms with Crippen LogP contribution in [0.4, 0.5) is 5.69 Å². The van der Waals surface area contributed by atoms with Gasteiger partial charge in [0.05, 0.1) is 12.2 Å². The molecule has 2 aliphatic rings. The monoisotopic (exact) mass is 404 g/mol. The number of fused-ring (bicyclic) bond motifs is 2. The zero-order valence-electron chi connectivity index (χ0n) is 17.6. The minimum absolute atomic E-state index is 0.0662. The summed E-state index contributed by atoms with van der Waals surface area (Å²) in [4.78, 5) is 24.8. The van der Waals surface area contributed by atoms with E-state index in [4.69, 9.17) is 9.72 Å². The number of H-pyrrole nitrogens is 1. The van der Waals surface area contributed by atoms with Crippen LogP contribution in [0.1, 0.15) is 29.7 Å². The number of ether oxygens (including phenoxy) is 1. The van der Waals surface area contributed by atoms with Gasteiger partial charge in [0, 0.05) is 29.2 Å². The Morgan fingerprint density at radius 2 is 2.03 bits per heavy atom. The fourth-order valence-corrected chi connectivity index (χ4v) is 4.82. The molecular formula is C24H28N4O2. The Bertz CT molecular complexity index is 1130. The number of hydrogen-bond acceptors (Lipinski definition) is 5. The molecule has 5 rings (SSSR count).